The van der Waals surface area contributed by atoms with Crippen LogP contribution in [0.2, 0.25) is 0 Å². The highest BCUT2D eigenvalue weighted by Crippen LogP contribution is 2.29. The van der Waals surface area contributed by atoms with Crippen LogP contribution >= 0.6 is 11.8 Å². The minimum atomic E-state index is -0.327. The molecule has 5 heteroatoms. The molecule has 0 saturated carbocycles. The molecule has 1 amide bonds. The molecule has 0 radical (unpaired) electrons. The van der Waals surface area contributed by atoms with Crippen LogP contribution in [0.5, 0.6) is 0 Å². The van der Waals surface area contributed by atoms with E-state index in [9.17, 15) is 9.18 Å². The fraction of sp³-hybridized carbons (Fsp3) is 0.462. The molecule has 0 bridgehead atoms. The number of carbonyl (C=O) groups is 1. The van der Waals surface area contributed by atoms with Crippen molar-refractivity contribution in [3.8, 4) is 0 Å². The summed E-state index contributed by atoms with van der Waals surface area (Å²) in [4.78, 5) is 12.0. The molecule has 1 unspecified atom stereocenters. The Balaban J connectivity index is 2.75. The van der Waals surface area contributed by atoms with E-state index in [0.29, 0.717) is 4.90 Å². The van der Waals surface area contributed by atoms with Crippen molar-refractivity contribution in [3.05, 3.63) is 29.6 Å². The van der Waals surface area contributed by atoms with E-state index >= 15 is 0 Å². The monoisotopic (exact) mass is 270 g/mol. The van der Waals surface area contributed by atoms with Crippen molar-refractivity contribution < 1.29 is 9.18 Å². The average molecular weight is 270 g/mol. The quantitative estimate of drug-likeness (QED) is 0.808. The van der Waals surface area contributed by atoms with Crippen molar-refractivity contribution in [2.45, 2.75) is 37.8 Å². The molecule has 0 aliphatic rings. The number of thioether (sulfide) groups is 1. The van der Waals surface area contributed by atoms with Crippen LogP contribution in [0.25, 0.3) is 0 Å². The third-order valence-corrected chi connectivity index (χ3v) is 3.41. The lowest BCUT2D eigenvalue weighted by molar-refractivity contribution is -0.119. The normalized spacial score (nSPS) is 12.6. The largest absolute Gasteiger partial charge is 0.353 e. The zero-order valence-electron chi connectivity index (χ0n) is 10.9. The van der Waals surface area contributed by atoms with Crippen LogP contribution in [-0.4, -0.2) is 17.7 Å². The highest BCUT2D eigenvalue weighted by molar-refractivity contribution is 8.00. The van der Waals surface area contributed by atoms with Crippen LogP contribution in [-0.2, 0) is 4.79 Å². The topological polar surface area (TPSA) is 55.1 Å². The summed E-state index contributed by atoms with van der Waals surface area (Å²) in [7, 11) is 0. The van der Waals surface area contributed by atoms with Crippen molar-refractivity contribution in [1.82, 2.24) is 5.32 Å². The smallest absolute Gasteiger partial charge is 0.230 e. The minimum Gasteiger partial charge on any atom is -0.353 e. The Morgan fingerprint density at radius 1 is 1.44 bits per heavy atom. The third kappa shape index (κ3) is 4.31. The molecule has 3 nitrogen and oxygen atoms in total. The molecule has 100 valence electrons. The van der Waals surface area contributed by atoms with Gasteiger partial charge in [-0.25, -0.2) is 4.39 Å². The summed E-state index contributed by atoms with van der Waals surface area (Å²) in [5.74, 6) is -0.236. The van der Waals surface area contributed by atoms with Crippen LogP contribution in [0.15, 0.2) is 23.1 Å². The Kier molecular flexibility index (Phi) is 5.62. The molecule has 1 aromatic carbocycles. The number of nitrogens with one attached hydrogen (secondary N) is 1. The van der Waals surface area contributed by atoms with Gasteiger partial charge in [0.05, 0.1) is 5.75 Å². The van der Waals surface area contributed by atoms with Gasteiger partial charge < -0.3 is 11.1 Å². The van der Waals surface area contributed by atoms with Gasteiger partial charge in [-0.1, -0.05) is 12.1 Å². The second-order valence-electron chi connectivity index (χ2n) is 4.46. The van der Waals surface area contributed by atoms with Gasteiger partial charge in [-0.2, -0.15) is 0 Å². The zero-order chi connectivity index (χ0) is 13.7. The van der Waals surface area contributed by atoms with Crippen molar-refractivity contribution >= 4 is 17.7 Å². The first-order chi connectivity index (χ1) is 8.41. The Morgan fingerprint density at radius 3 is 2.67 bits per heavy atom. The number of hydrogen-bond donors (Lipinski definition) is 2. The van der Waals surface area contributed by atoms with E-state index in [1.165, 1.54) is 17.8 Å². The number of rotatable bonds is 5. The van der Waals surface area contributed by atoms with Crippen molar-refractivity contribution in [2.75, 3.05) is 5.75 Å². The molecule has 0 aliphatic carbocycles. The molecule has 1 aromatic rings. The van der Waals surface area contributed by atoms with Gasteiger partial charge in [-0.3, -0.25) is 4.79 Å². The Hall–Kier alpha value is -1.07. The van der Waals surface area contributed by atoms with Crippen LogP contribution in [0.3, 0.4) is 0 Å². The van der Waals surface area contributed by atoms with E-state index in [-0.39, 0.29) is 29.6 Å². The molecule has 0 fully saturated rings. The first-order valence-electron chi connectivity index (χ1n) is 5.88. The predicted molar refractivity (Wildman–Crippen MR) is 73.0 cm³/mol. The van der Waals surface area contributed by atoms with Crippen LogP contribution in [0, 0.1) is 5.82 Å². The van der Waals surface area contributed by atoms with Gasteiger partial charge in [-0.15, -0.1) is 11.8 Å². The van der Waals surface area contributed by atoms with E-state index in [4.69, 9.17) is 5.73 Å². The molecular formula is C13H19FN2OS. The van der Waals surface area contributed by atoms with E-state index < -0.39 is 0 Å². The maximum atomic E-state index is 13.7. The molecule has 0 aromatic heterocycles. The lowest BCUT2D eigenvalue weighted by atomic mass is 10.1. The Bertz CT molecular complexity index is 421. The standard InChI is InChI=1S/C13H19FN2OS/c1-8(2)16-12(17)7-18-13-10(9(3)15)5-4-6-11(13)14/h4-6,8-9H,7,15H2,1-3H3,(H,16,17). The molecule has 0 heterocycles. The van der Waals surface area contributed by atoms with Crippen molar-refractivity contribution in [3.63, 3.8) is 0 Å². The Morgan fingerprint density at radius 2 is 2.11 bits per heavy atom. The number of carbonyl (C=O) groups excluding carboxylic acids is 1. The predicted octanol–water partition coefficient (Wildman–Crippen LogP) is 2.46. The summed E-state index contributed by atoms with van der Waals surface area (Å²) in [5, 5.41) is 2.77. The summed E-state index contributed by atoms with van der Waals surface area (Å²) in [6.07, 6.45) is 0. The number of hydrogen-bond acceptors (Lipinski definition) is 3. The molecule has 3 N–H and O–H groups in total. The maximum absolute atomic E-state index is 13.7. The van der Waals surface area contributed by atoms with E-state index in [2.05, 4.69) is 5.32 Å². The summed E-state index contributed by atoms with van der Waals surface area (Å²) < 4.78 is 13.7. The van der Waals surface area contributed by atoms with E-state index in [1.54, 1.807) is 19.1 Å². The number of nitrogens with two attached hydrogens (primary N) is 1. The SMILES string of the molecule is CC(C)NC(=O)CSc1c(F)cccc1C(C)N. The second-order valence-corrected chi connectivity index (χ2v) is 5.44. The molecule has 18 heavy (non-hydrogen) atoms. The molecule has 0 aliphatic heterocycles. The van der Waals surface area contributed by atoms with Crippen LogP contribution in [0.1, 0.15) is 32.4 Å². The maximum Gasteiger partial charge on any atom is 0.230 e. The molecular weight excluding hydrogens is 251 g/mol. The van der Waals surface area contributed by atoms with Crippen molar-refractivity contribution in [1.29, 1.82) is 0 Å². The van der Waals surface area contributed by atoms with E-state index in [1.807, 2.05) is 13.8 Å². The Labute approximate surface area is 111 Å². The third-order valence-electron chi connectivity index (χ3n) is 2.29. The fourth-order valence-electron chi connectivity index (χ4n) is 1.54. The number of halogens is 1. The lowest BCUT2D eigenvalue weighted by Gasteiger charge is -2.13. The van der Waals surface area contributed by atoms with Gasteiger partial charge in [0.15, 0.2) is 0 Å². The highest BCUT2D eigenvalue weighted by Gasteiger charge is 2.14. The fourth-order valence-corrected chi connectivity index (χ4v) is 2.52. The summed E-state index contributed by atoms with van der Waals surface area (Å²) in [6.45, 7) is 5.57. The molecule has 1 rings (SSSR count). The van der Waals surface area contributed by atoms with Crippen molar-refractivity contribution in [2.24, 2.45) is 5.73 Å². The highest BCUT2D eigenvalue weighted by atomic mass is 32.2. The summed E-state index contributed by atoms with van der Waals surface area (Å²) in [5.41, 5.74) is 6.52. The van der Waals surface area contributed by atoms with Crippen LogP contribution < -0.4 is 11.1 Å². The summed E-state index contributed by atoms with van der Waals surface area (Å²) in [6, 6.07) is 4.64. The first-order valence-corrected chi connectivity index (χ1v) is 6.86. The average Bonchev–Trinajstić information content (AvgIpc) is 2.25. The van der Waals surface area contributed by atoms with Gasteiger partial charge in [0.2, 0.25) is 5.91 Å². The lowest BCUT2D eigenvalue weighted by Crippen LogP contribution is -2.31. The number of benzene rings is 1. The molecule has 0 spiro atoms. The molecule has 1 atom stereocenters. The van der Waals surface area contributed by atoms with Gasteiger partial charge >= 0.3 is 0 Å². The van der Waals surface area contributed by atoms with E-state index in [0.717, 1.165) is 5.56 Å². The zero-order valence-corrected chi connectivity index (χ0v) is 11.7. The van der Waals surface area contributed by atoms with Gasteiger partial charge in [0.1, 0.15) is 5.82 Å². The molecule has 0 saturated heterocycles. The number of amides is 1. The van der Waals surface area contributed by atoms with Gasteiger partial charge in [0, 0.05) is 17.0 Å². The summed E-state index contributed by atoms with van der Waals surface area (Å²) >= 11 is 1.19. The van der Waals surface area contributed by atoms with Gasteiger partial charge in [0.25, 0.3) is 0 Å². The minimum absolute atomic E-state index is 0.0895. The van der Waals surface area contributed by atoms with Gasteiger partial charge in [-0.05, 0) is 32.4 Å². The first kappa shape index (κ1) is 15.0. The second kappa shape index (κ2) is 6.75. The van der Waals surface area contributed by atoms with Crippen LogP contribution in [0.4, 0.5) is 4.39 Å².